The van der Waals surface area contributed by atoms with Crippen molar-refractivity contribution in [3.63, 3.8) is 0 Å². The summed E-state index contributed by atoms with van der Waals surface area (Å²) in [7, 11) is -17.2. The van der Waals surface area contributed by atoms with Crippen molar-refractivity contribution in [1.82, 2.24) is 19.5 Å². The Kier molecular flexibility index (Phi) is 9.68. The summed E-state index contributed by atoms with van der Waals surface area (Å²) in [6.07, 6.45) is -5.02. The lowest BCUT2D eigenvalue weighted by molar-refractivity contribution is -0.385. The Morgan fingerprint density at radius 1 is 1.18 bits per heavy atom. The Hall–Kier alpha value is -3.92. The smallest absolute Gasteiger partial charge is 0.451 e. The van der Waals surface area contributed by atoms with Gasteiger partial charge in [-0.2, -0.15) is 8.62 Å². The molecule has 0 aliphatic carbocycles. The molecular weight excluding hydrogens is 679 g/mol. The van der Waals surface area contributed by atoms with E-state index in [1.165, 1.54) is 0 Å². The molecule has 28 heteroatoms. The summed E-state index contributed by atoms with van der Waals surface area (Å²) in [6.45, 7) is -1.17. The molecule has 0 saturated carbocycles. The van der Waals surface area contributed by atoms with Crippen LogP contribution in [0.2, 0.25) is 0 Å². The maximum Gasteiger partial charge on any atom is 0.490 e. The second-order valence-electron chi connectivity index (χ2n) is 8.54. The second-order valence-corrected chi connectivity index (χ2v) is 13.0. The third kappa shape index (κ3) is 8.03. The fourth-order valence-electron chi connectivity index (χ4n) is 3.88. The van der Waals surface area contributed by atoms with Crippen LogP contribution in [0.25, 0.3) is 21.6 Å². The molecule has 242 valence electrons. The summed E-state index contributed by atoms with van der Waals surface area (Å²) in [5.74, 6) is -1.48. The lowest BCUT2D eigenvalue weighted by Crippen LogP contribution is -2.37. The first-order chi connectivity index (χ1) is 20.9. The van der Waals surface area contributed by atoms with Crippen LogP contribution in [0, 0.1) is 10.1 Å². The normalized spacial score (nSPS) is 22.7. The van der Waals surface area contributed by atoms with Gasteiger partial charge in [-0.25, -0.2) is 33.4 Å². The first kappa shape index (κ1) is 34.0. The molecule has 1 aliphatic rings. The van der Waals surface area contributed by atoms with Gasteiger partial charge in [0.15, 0.2) is 23.8 Å². The molecule has 2 unspecified atom stereocenters. The average molecular weight is 697 g/mol. The Bertz CT molecular complexity index is 1840. The van der Waals surface area contributed by atoms with E-state index in [4.69, 9.17) is 30.5 Å². The molecule has 3 heterocycles. The van der Waals surface area contributed by atoms with Gasteiger partial charge in [0, 0.05) is 16.7 Å². The number of carbonyl (C=O) groups excluding carboxylic acids is 1. The standard InChI is InChI=1S/C17H18N9O16P3/c18-14-11-15(21-5-20-14)25(6-22-11)16-13(40-17(28)8-2-1-7(23-24-19)3-9(8)26(29)30)12(27)10(39-16)4-38-44(34,35)42-45(36,37)41-43(31,32)33/h1-3,5-6,10,12-13,16,27H,4H2,(H,34,35)(H,36,37)(H2,18,20,21)(H2,31,32,33)/t10-,12-,13-,16-/m1/s1. The highest BCUT2D eigenvalue weighted by Gasteiger charge is 2.50. The van der Waals surface area contributed by atoms with Gasteiger partial charge < -0.3 is 39.9 Å². The monoisotopic (exact) mass is 697 g/mol. The zero-order chi connectivity index (χ0) is 33.3. The van der Waals surface area contributed by atoms with E-state index in [1.807, 2.05) is 0 Å². The van der Waals surface area contributed by atoms with Gasteiger partial charge >= 0.3 is 29.4 Å². The van der Waals surface area contributed by atoms with Crippen LogP contribution in [-0.4, -0.2) is 80.0 Å². The number of ether oxygens (including phenoxy) is 2. The fraction of sp³-hybridized carbons (Fsp3) is 0.294. The van der Waals surface area contributed by atoms with Crippen molar-refractivity contribution in [2.75, 3.05) is 12.3 Å². The lowest BCUT2D eigenvalue weighted by atomic mass is 10.1. The van der Waals surface area contributed by atoms with Crippen molar-refractivity contribution >= 4 is 57.8 Å². The summed E-state index contributed by atoms with van der Waals surface area (Å²) in [5.41, 5.74) is 12.7. The topological polar surface area (TPSA) is 377 Å². The maximum absolute atomic E-state index is 13.1. The molecule has 0 amide bonds. The van der Waals surface area contributed by atoms with Gasteiger partial charge in [0.05, 0.1) is 17.9 Å². The van der Waals surface area contributed by atoms with Crippen LogP contribution in [0.4, 0.5) is 17.2 Å². The number of imidazole rings is 1. The molecule has 6 atom stereocenters. The molecule has 0 radical (unpaired) electrons. The minimum atomic E-state index is -5.88. The number of anilines is 1. The second kappa shape index (κ2) is 12.8. The number of azide groups is 1. The molecule has 1 fully saturated rings. The van der Waals surface area contributed by atoms with Gasteiger partial charge in [-0.3, -0.25) is 19.2 Å². The Morgan fingerprint density at radius 2 is 1.89 bits per heavy atom. The largest absolute Gasteiger partial charge is 0.490 e. The summed E-state index contributed by atoms with van der Waals surface area (Å²) in [5, 5.41) is 25.8. The van der Waals surface area contributed by atoms with Crippen molar-refractivity contribution in [1.29, 1.82) is 0 Å². The molecule has 4 rings (SSSR count). The minimum Gasteiger partial charge on any atom is -0.451 e. The molecule has 3 aromatic rings. The molecule has 7 N–H and O–H groups in total. The van der Waals surface area contributed by atoms with Gasteiger partial charge in [0.2, 0.25) is 0 Å². The number of aliphatic hydroxyl groups excluding tert-OH is 1. The highest BCUT2D eigenvalue weighted by atomic mass is 31.3. The quantitative estimate of drug-likeness (QED) is 0.0293. The first-order valence-corrected chi connectivity index (χ1v) is 16.0. The first-order valence-electron chi connectivity index (χ1n) is 11.5. The molecule has 0 spiro atoms. The van der Waals surface area contributed by atoms with Crippen molar-refractivity contribution in [3.8, 4) is 0 Å². The SMILES string of the molecule is [N-]=[N+]=Nc1ccc(C(=O)O[C@@H]2[C@H](O)[C@@H](COP(=O)(O)OP(=O)(O)OP(=O)(O)O)O[C@H]2n2cnc3c(N)ncnc32)c([N+](=O)[O-])c1. The number of phosphoric acid groups is 3. The van der Waals surface area contributed by atoms with Crippen LogP contribution in [0.5, 0.6) is 0 Å². The van der Waals surface area contributed by atoms with Crippen LogP contribution >= 0.6 is 23.5 Å². The zero-order valence-corrected chi connectivity index (χ0v) is 24.3. The molecule has 1 aromatic carbocycles. The number of aromatic nitrogens is 4. The van der Waals surface area contributed by atoms with E-state index in [9.17, 15) is 43.5 Å². The van der Waals surface area contributed by atoms with Gasteiger partial charge in [0.1, 0.15) is 29.6 Å². The van der Waals surface area contributed by atoms with Crippen LogP contribution in [0.3, 0.4) is 0 Å². The molecule has 1 saturated heterocycles. The number of nitrogen functional groups attached to an aromatic ring is 1. The average Bonchev–Trinajstić information content (AvgIpc) is 3.47. The number of esters is 1. The molecule has 1 aliphatic heterocycles. The number of hydrogen-bond acceptors (Lipinski definition) is 17. The third-order valence-electron chi connectivity index (χ3n) is 5.59. The number of benzene rings is 1. The highest BCUT2D eigenvalue weighted by Crippen LogP contribution is 2.66. The van der Waals surface area contributed by atoms with E-state index in [1.54, 1.807) is 0 Å². The van der Waals surface area contributed by atoms with Crippen LogP contribution < -0.4 is 5.73 Å². The minimum absolute atomic E-state index is 0.0287. The maximum atomic E-state index is 13.1. The van der Waals surface area contributed by atoms with E-state index < -0.39 is 76.8 Å². The number of nitrogens with zero attached hydrogens (tertiary/aromatic N) is 8. The molecule has 2 aromatic heterocycles. The molecule has 25 nitrogen and oxygen atoms in total. The fourth-order valence-corrected chi connectivity index (χ4v) is 6.91. The number of fused-ring (bicyclic) bond motifs is 1. The number of phosphoric ester groups is 1. The van der Waals surface area contributed by atoms with Crippen LogP contribution in [0.15, 0.2) is 36.0 Å². The summed E-state index contributed by atoms with van der Waals surface area (Å²) in [6, 6.07) is 2.76. The van der Waals surface area contributed by atoms with Crippen LogP contribution in [0.1, 0.15) is 16.6 Å². The predicted octanol–water partition coefficient (Wildman–Crippen LogP) is 1.09. The van der Waals surface area contributed by atoms with E-state index >= 15 is 0 Å². The number of nitro benzene ring substituents is 1. The molecule has 45 heavy (non-hydrogen) atoms. The van der Waals surface area contributed by atoms with Crippen molar-refractivity contribution in [2.24, 2.45) is 5.11 Å². The summed E-state index contributed by atoms with van der Waals surface area (Å²) >= 11 is 0. The number of hydrogen-bond donors (Lipinski definition) is 6. The van der Waals surface area contributed by atoms with Gasteiger partial charge in [0.25, 0.3) is 5.69 Å². The van der Waals surface area contributed by atoms with Crippen molar-refractivity contribution < 1.29 is 70.7 Å². The molecular formula is C17H18N9O16P3. The number of nitrogens with two attached hydrogens (primary N) is 1. The zero-order valence-electron chi connectivity index (χ0n) is 21.6. The summed E-state index contributed by atoms with van der Waals surface area (Å²) < 4.78 is 58.5. The third-order valence-corrected chi connectivity index (χ3v) is 9.40. The predicted molar refractivity (Wildman–Crippen MR) is 141 cm³/mol. The van der Waals surface area contributed by atoms with Crippen molar-refractivity contribution in [2.45, 2.75) is 24.5 Å². The number of rotatable bonds is 12. The summed E-state index contributed by atoms with van der Waals surface area (Å²) in [4.78, 5) is 74.5. The Morgan fingerprint density at radius 3 is 2.53 bits per heavy atom. The van der Waals surface area contributed by atoms with E-state index in [2.05, 4.69) is 38.1 Å². The Labute approximate surface area is 247 Å². The van der Waals surface area contributed by atoms with Crippen LogP contribution in [-0.2, 0) is 36.3 Å². The number of nitro groups is 1. The van der Waals surface area contributed by atoms with Crippen molar-refractivity contribution in [3.05, 3.63) is 57.0 Å². The van der Waals surface area contributed by atoms with Gasteiger partial charge in [-0.15, -0.1) is 0 Å². The molecule has 0 bridgehead atoms. The van der Waals surface area contributed by atoms with E-state index in [0.29, 0.717) is 0 Å². The Balaban J connectivity index is 1.64. The number of carbonyl (C=O) groups is 1. The highest BCUT2D eigenvalue weighted by molar-refractivity contribution is 7.66. The van der Waals surface area contributed by atoms with Gasteiger partial charge in [-0.1, -0.05) is 11.2 Å². The van der Waals surface area contributed by atoms with Gasteiger partial charge in [-0.05, 0) is 11.6 Å². The van der Waals surface area contributed by atoms with E-state index in [0.717, 1.165) is 35.4 Å². The van der Waals surface area contributed by atoms with E-state index in [-0.39, 0.29) is 22.7 Å². The lowest BCUT2D eigenvalue weighted by Gasteiger charge is -2.22. The number of aliphatic hydroxyl groups is 1.